The molecule has 1 aromatic carbocycles. The first-order chi connectivity index (χ1) is 12.7. The summed E-state index contributed by atoms with van der Waals surface area (Å²) in [6, 6.07) is 16.8. The quantitative estimate of drug-likeness (QED) is 0.629. The van der Waals surface area contributed by atoms with E-state index >= 15 is 0 Å². The van der Waals surface area contributed by atoms with E-state index in [9.17, 15) is 8.63 Å². The molecule has 3 heterocycles. The molecule has 3 nitrogen and oxygen atoms in total. The van der Waals surface area contributed by atoms with Crippen LogP contribution in [-0.4, -0.2) is 23.1 Å². The molecule has 0 bridgehead atoms. The van der Waals surface area contributed by atoms with Gasteiger partial charge in [0.25, 0.3) is 0 Å². The van der Waals surface area contributed by atoms with Gasteiger partial charge in [-0.15, -0.1) is 0 Å². The predicted molar refractivity (Wildman–Crippen MR) is 101 cm³/mol. The molecule has 3 aromatic rings. The fourth-order valence-corrected chi connectivity index (χ4v) is 3.00. The number of pyridine rings is 1. The van der Waals surface area contributed by atoms with Crippen LogP contribution in [-0.2, 0) is 0 Å². The molecule has 0 atom stereocenters. The highest BCUT2D eigenvalue weighted by molar-refractivity contribution is 6.41. The van der Waals surface area contributed by atoms with Gasteiger partial charge in [-0.2, -0.15) is 0 Å². The van der Waals surface area contributed by atoms with Crippen LogP contribution in [0.2, 0.25) is 0 Å². The van der Waals surface area contributed by atoms with E-state index in [-0.39, 0.29) is 0 Å². The number of hydrogen-bond donors (Lipinski definition) is 0. The second-order valence-electron chi connectivity index (χ2n) is 5.77. The Balaban J connectivity index is 1.89. The van der Waals surface area contributed by atoms with E-state index in [1.807, 2.05) is 48.5 Å². The maximum absolute atomic E-state index is 13.4. The third-order valence-corrected chi connectivity index (χ3v) is 4.17. The number of benzene rings is 1. The minimum absolute atomic E-state index is 0.420. The summed E-state index contributed by atoms with van der Waals surface area (Å²) >= 11 is 0. The summed E-state index contributed by atoms with van der Waals surface area (Å²) in [7, 11) is -2.62. The van der Waals surface area contributed by atoms with Crippen LogP contribution in [0.4, 0.5) is 8.63 Å². The molecule has 0 radical (unpaired) electrons. The molecule has 126 valence electrons. The number of halogens is 2. The van der Waals surface area contributed by atoms with Crippen molar-refractivity contribution in [2.24, 2.45) is 4.99 Å². The van der Waals surface area contributed by atoms with Gasteiger partial charge in [0.15, 0.2) is 0 Å². The second kappa shape index (κ2) is 6.92. The van der Waals surface area contributed by atoms with Crippen molar-refractivity contribution in [3.8, 4) is 11.3 Å². The smallest absolute Gasteiger partial charge is 0.332 e. The first-order valence-corrected chi connectivity index (χ1v) is 8.16. The van der Waals surface area contributed by atoms with Crippen LogP contribution in [0, 0.1) is 0 Å². The van der Waals surface area contributed by atoms with Gasteiger partial charge >= 0.3 is 7.40 Å². The van der Waals surface area contributed by atoms with Crippen molar-refractivity contribution < 1.29 is 8.63 Å². The SMILES string of the molecule is FB(F)n1cccc1/C(=C1/C=CC=N1)c1ccnc(-c2ccccc2)c1. The summed E-state index contributed by atoms with van der Waals surface area (Å²) in [6.45, 7) is 0. The molecule has 0 aliphatic carbocycles. The van der Waals surface area contributed by atoms with Crippen LogP contribution in [0.3, 0.4) is 0 Å². The molecule has 6 heteroatoms. The van der Waals surface area contributed by atoms with E-state index in [2.05, 4.69) is 9.98 Å². The summed E-state index contributed by atoms with van der Waals surface area (Å²) in [5.74, 6) is 0. The molecule has 0 N–H and O–H groups in total. The van der Waals surface area contributed by atoms with E-state index in [4.69, 9.17) is 0 Å². The van der Waals surface area contributed by atoms with Crippen LogP contribution in [0.15, 0.2) is 89.8 Å². The number of rotatable bonds is 4. The second-order valence-corrected chi connectivity index (χ2v) is 5.77. The number of allylic oxidation sites excluding steroid dienone is 2. The molecule has 4 rings (SSSR count). The maximum Gasteiger partial charge on any atom is 0.677 e. The molecule has 0 saturated carbocycles. The van der Waals surface area contributed by atoms with E-state index in [1.165, 1.54) is 6.20 Å². The van der Waals surface area contributed by atoms with Crippen molar-refractivity contribution in [2.45, 2.75) is 0 Å². The van der Waals surface area contributed by atoms with E-state index < -0.39 is 7.40 Å². The summed E-state index contributed by atoms with van der Waals surface area (Å²) in [6.07, 6.45) is 8.34. The molecule has 0 spiro atoms. The summed E-state index contributed by atoms with van der Waals surface area (Å²) < 4.78 is 27.8. The molecule has 1 aliphatic rings. The third-order valence-electron chi connectivity index (χ3n) is 4.17. The lowest BCUT2D eigenvalue weighted by Crippen LogP contribution is -2.15. The number of hydrogen-bond acceptors (Lipinski definition) is 2. The topological polar surface area (TPSA) is 30.2 Å². The first-order valence-electron chi connectivity index (χ1n) is 8.16. The number of aromatic nitrogens is 2. The Bertz CT molecular complexity index is 1010. The molecule has 0 fully saturated rings. The molecular formula is C20H14BF2N3. The Morgan fingerprint density at radius 2 is 1.85 bits per heavy atom. The fourth-order valence-electron chi connectivity index (χ4n) is 3.00. The minimum atomic E-state index is -2.62. The van der Waals surface area contributed by atoms with Crippen molar-refractivity contribution in [3.63, 3.8) is 0 Å². The Kier molecular flexibility index (Phi) is 4.31. The largest absolute Gasteiger partial charge is 0.677 e. The standard InChI is InChI=1S/C20H14BF2N3/c22-21(23)26-13-5-9-19(26)20(17-8-4-11-24-17)16-10-12-25-18(14-16)15-6-2-1-3-7-15/h1-14H/b20-17-. The summed E-state index contributed by atoms with van der Waals surface area (Å²) in [5.41, 5.74) is 4.26. The van der Waals surface area contributed by atoms with Gasteiger partial charge in [-0.05, 0) is 48.2 Å². The van der Waals surface area contributed by atoms with E-state index in [0.717, 1.165) is 21.3 Å². The Labute approximate surface area is 150 Å². The van der Waals surface area contributed by atoms with Crippen molar-refractivity contribution in [3.05, 3.63) is 96.1 Å². The lowest BCUT2D eigenvalue weighted by atomic mass is 9.98. The molecule has 0 saturated heterocycles. The van der Waals surface area contributed by atoms with E-state index in [1.54, 1.807) is 30.6 Å². The molecule has 26 heavy (non-hydrogen) atoms. The van der Waals surface area contributed by atoms with Gasteiger partial charge in [-0.3, -0.25) is 18.6 Å². The molecular weight excluding hydrogens is 331 g/mol. The number of aliphatic imine (C=N–C) groups is 1. The van der Waals surface area contributed by atoms with Crippen LogP contribution in [0.1, 0.15) is 11.3 Å². The number of nitrogens with zero attached hydrogens (tertiary/aromatic N) is 3. The summed E-state index contributed by atoms with van der Waals surface area (Å²) in [5, 5.41) is 0. The Morgan fingerprint density at radius 3 is 2.58 bits per heavy atom. The highest BCUT2D eigenvalue weighted by atomic mass is 19.2. The van der Waals surface area contributed by atoms with E-state index in [0.29, 0.717) is 17.0 Å². The van der Waals surface area contributed by atoms with Crippen LogP contribution >= 0.6 is 0 Å². The van der Waals surface area contributed by atoms with Gasteiger partial charge < -0.3 is 4.48 Å². The van der Waals surface area contributed by atoms with Crippen molar-refractivity contribution >= 4 is 19.2 Å². The molecule has 0 unspecified atom stereocenters. The zero-order valence-corrected chi connectivity index (χ0v) is 13.8. The zero-order chi connectivity index (χ0) is 17.9. The zero-order valence-electron chi connectivity index (χ0n) is 13.8. The minimum Gasteiger partial charge on any atom is -0.332 e. The van der Waals surface area contributed by atoms with Gasteiger partial charge in [-0.25, -0.2) is 0 Å². The first kappa shape index (κ1) is 16.2. The van der Waals surface area contributed by atoms with Crippen LogP contribution in [0.5, 0.6) is 0 Å². The lowest BCUT2D eigenvalue weighted by molar-refractivity contribution is 0.628. The Morgan fingerprint density at radius 1 is 1.00 bits per heavy atom. The molecule has 0 amide bonds. The van der Waals surface area contributed by atoms with Gasteiger partial charge in [0.05, 0.1) is 11.4 Å². The van der Waals surface area contributed by atoms with Crippen LogP contribution in [0.25, 0.3) is 16.8 Å². The average Bonchev–Trinajstić information content (AvgIpc) is 3.36. The van der Waals surface area contributed by atoms with Crippen molar-refractivity contribution in [1.29, 1.82) is 0 Å². The van der Waals surface area contributed by atoms with Gasteiger partial charge in [0.2, 0.25) is 0 Å². The Hall–Kier alpha value is -3.28. The third kappa shape index (κ3) is 3.01. The highest BCUT2D eigenvalue weighted by Crippen LogP contribution is 2.32. The van der Waals surface area contributed by atoms with Crippen LogP contribution < -0.4 is 0 Å². The molecule has 1 aliphatic heterocycles. The maximum atomic E-state index is 13.4. The summed E-state index contributed by atoms with van der Waals surface area (Å²) in [4.78, 5) is 8.76. The van der Waals surface area contributed by atoms with Crippen molar-refractivity contribution in [1.82, 2.24) is 9.46 Å². The lowest BCUT2D eigenvalue weighted by Gasteiger charge is -2.13. The normalized spacial score (nSPS) is 14.7. The van der Waals surface area contributed by atoms with Gasteiger partial charge in [0.1, 0.15) is 0 Å². The van der Waals surface area contributed by atoms with Gasteiger partial charge in [-0.1, -0.05) is 30.3 Å². The average molecular weight is 345 g/mol. The monoisotopic (exact) mass is 345 g/mol. The van der Waals surface area contributed by atoms with Crippen molar-refractivity contribution in [2.75, 3.05) is 0 Å². The molecule has 2 aromatic heterocycles. The predicted octanol–water partition coefficient (Wildman–Crippen LogP) is 4.72. The highest BCUT2D eigenvalue weighted by Gasteiger charge is 2.23. The van der Waals surface area contributed by atoms with Gasteiger partial charge in [0, 0.05) is 29.2 Å². The fraction of sp³-hybridized carbons (Fsp3) is 0.